The first-order chi connectivity index (χ1) is 13.6. The number of methoxy groups -OCH3 is 1. The molecule has 0 atom stereocenters. The average molecular weight is 400 g/mol. The number of esters is 1. The monoisotopic (exact) mass is 400 g/mol. The maximum atomic E-state index is 12.7. The number of aromatic nitrogens is 1. The summed E-state index contributed by atoms with van der Waals surface area (Å²) in [6, 6.07) is 6.94. The molecule has 2 aromatic heterocycles. The third-order valence-electron chi connectivity index (χ3n) is 4.94. The number of carbonyl (C=O) groups excluding carboxylic acids is 2. The van der Waals surface area contributed by atoms with Gasteiger partial charge in [0.05, 0.1) is 18.2 Å². The van der Waals surface area contributed by atoms with Crippen LogP contribution in [0.5, 0.6) is 0 Å². The van der Waals surface area contributed by atoms with Crippen molar-refractivity contribution in [3.05, 3.63) is 50.8 Å². The third-order valence-corrected chi connectivity index (χ3v) is 6.15. The summed E-state index contributed by atoms with van der Waals surface area (Å²) in [7, 11) is 1.34. The molecule has 0 fully saturated rings. The first-order valence-electron chi connectivity index (χ1n) is 9.19. The largest absolute Gasteiger partial charge is 0.465 e. The highest BCUT2D eigenvalue weighted by atomic mass is 32.1. The molecule has 1 aliphatic carbocycles. The Kier molecular flexibility index (Phi) is 5.04. The molecule has 0 unspecified atom stereocenters. The topological polar surface area (TPSA) is 90.5 Å². The fourth-order valence-corrected chi connectivity index (χ4v) is 4.92. The van der Waals surface area contributed by atoms with E-state index < -0.39 is 17.6 Å². The van der Waals surface area contributed by atoms with Gasteiger partial charge in [-0.25, -0.2) is 9.59 Å². The number of hydrogen-bond acceptors (Lipinski definition) is 6. The molecular formula is C20H20N2O5S. The van der Waals surface area contributed by atoms with Crippen LogP contribution in [0, 0.1) is 0 Å². The number of hydrogen-bond donors (Lipinski definition) is 1. The number of oxazole rings is 1. The second kappa shape index (κ2) is 7.63. The van der Waals surface area contributed by atoms with Crippen LogP contribution in [0.25, 0.3) is 11.1 Å². The Labute approximate surface area is 164 Å². The van der Waals surface area contributed by atoms with Crippen molar-refractivity contribution < 1.29 is 18.7 Å². The summed E-state index contributed by atoms with van der Waals surface area (Å²) in [5, 5.41) is 3.30. The Morgan fingerprint density at radius 3 is 2.82 bits per heavy atom. The Morgan fingerprint density at radius 2 is 2.00 bits per heavy atom. The first-order valence-corrected chi connectivity index (χ1v) is 10.0. The van der Waals surface area contributed by atoms with E-state index in [2.05, 4.69) is 5.32 Å². The van der Waals surface area contributed by atoms with E-state index in [0.29, 0.717) is 21.7 Å². The van der Waals surface area contributed by atoms with E-state index in [1.807, 2.05) is 0 Å². The average Bonchev–Trinajstić information content (AvgIpc) is 3.08. The SMILES string of the molecule is COC(=O)c1c(NC(=O)Cn2c(=O)oc3ccccc32)sc2c1CCCCC2. The number of anilines is 1. The van der Waals surface area contributed by atoms with Gasteiger partial charge in [0.1, 0.15) is 11.5 Å². The zero-order chi connectivity index (χ0) is 19.7. The van der Waals surface area contributed by atoms with E-state index in [1.54, 1.807) is 24.3 Å². The zero-order valence-electron chi connectivity index (χ0n) is 15.4. The minimum absolute atomic E-state index is 0.195. The van der Waals surface area contributed by atoms with E-state index >= 15 is 0 Å². The molecule has 0 saturated carbocycles. The Morgan fingerprint density at radius 1 is 1.21 bits per heavy atom. The molecule has 4 rings (SSSR count). The van der Waals surface area contributed by atoms with Crippen molar-refractivity contribution >= 4 is 39.3 Å². The number of aryl methyl sites for hydroxylation is 1. The highest BCUT2D eigenvalue weighted by molar-refractivity contribution is 7.17. The van der Waals surface area contributed by atoms with Crippen LogP contribution in [0.4, 0.5) is 5.00 Å². The van der Waals surface area contributed by atoms with Crippen molar-refractivity contribution in [2.45, 2.75) is 38.6 Å². The summed E-state index contributed by atoms with van der Waals surface area (Å²) in [6.45, 7) is -0.195. The molecule has 0 aliphatic heterocycles. The quantitative estimate of drug-likeness (QED) is 0.536. The number of nitrogens with zero attached hydrogens (tertiary/aromatic N) is 1. The Balaban J connectivity index is 1.63. The number of fused-ring (bicyclic) bond motifs is 2. The molecule has 1 aliphatic rings. The molecule has 0 bridgehead atoms. The maximum Gasteiger partial charge on any atom is 0.420 e. The normalized spacial score (nSPS) is 13.8. The number of rotatable bonds is 4. The van der Waals surface area contributed by atoms with Gasteiger partial charge in [-0.05, 0) is 43.4 Å². The highest BCUT2D eigenvalue weighted by Crippen LogP contribution is 2.38. The second-order valence-corrected chi connectivity index (χ2v) is 7.84. The molecule has 1 aromatic carbocycles. The van der Waals surface area contributed by atoms with Gasteiger partial charge in [0.15, 0.2) is 5.58 Å². The van der Waals surface area contributed by atoms with Gasteiger partial charge in [0.25, 0.3) is 0 Å². The summed E-state index contributed by atoms with van der Waals surface area (Å²) >= 11 is 1.42. The molecular weight excluding hydrogens is 380 g/mol. The first kappa shape index (κ1) is 18.5. The molecule has 0 spiro atoms. The molecule has 28 heavy (non-hydrogen) atoms. The predicted molar refractivity (Wildman–Crippen MR) is 106 cm³/mol. The van der Waals surface area contributed by atoms with Gasteiger partial charge in [-0.15, -0.1) is 11.3 Å². The van der Waals surface area contributed by atoms with Crippen molar-refractivity contribution in [1.29, 1.82) is 0 Å². The number of amides is 1. The van der Waals surface area contributed by atoms with E-state index in [1.165, 1.54) is 23.0 Å². The number of nitrogens with one attached hydrogen (secondary N) is 1. The highest BCUT2D eigenvalue weighted by Gasteiger charge is 2.26. The lowest BCUT2D eigenvalue weighted by molar-refractivity contribution is -0.116. The van der Waals surface area contributed by atoms with Crippen molar-refractivity contribution in [2.24, 2.45) is 0 Å². The van der Waals surface area contributed by atoms with Gasteiger partial charge < -0.3 is 14.5 Å². The maximum absolute atomic E-state index is 12.7. The minimum Gasteiger partial charge on any atom is -0.465 e. The van der Waals surface area contributed by atoms with Gasteiger partial charge in [0, 0.05) is 4.88 Å². The molecule has 1 amide bonds. The number of thiophene rings is 1. The van der Waals surface area contributed by atoms with E-state index in [9.17, 15) is 14.4 Å². The number of ether oxygens (including phenoxy) is 1. The molecule has 0 radical (unpaired) electrons. The lowest BCUT2D eigenvalue weighted by Crippen LogP contribution is -2.25. The summed E-state index contributed by atoms with van der Waals surface area (Å²) in [5.41, 5.74) is 2.41. The molecule has 0 saturated heterocycles. The van der Waals surface area contributed by atoms with Crippen LogP contribution in [0.3, 0.4) is 0 Å². The van der Waals surface area contributed by atoms with Crippen LogP contribution in [-0.4, -0.2) is 23.6 Å². The van der Waals surface area contributed by atoms with E-state index in [0.717, 1.165) is 42.5 Å². The van der Waals surface area contributed by atoms with Gasteiger partial charge in [0.2, 0.25) is 5.91 Å². The van der Waals surface area contributed by atoms with Crippen LogP contribution in [0.2, 0.25) is 0 Å². The summed E-state index contributed by atoms with van der Waals surface area (Å²) < 4.78 is 11.4. The van der Waals surface area contributed by atoms with E-state index in [-0.39, 0.29) is 6.54 Å². The lowest BCUT2D eigenvalue weighted by atomic mass is 10.1. The van der Waals surface area contributed by atoms with Crippen LogP contribution in [-0.2, 0) is 28.9 Å². The molecule has 8 heteroatoms. The summed E-state index contributed by atoms with van der Waals surface area (Å²) in [6.07, 6.45) is 4.90. The van der Waals surface area contributed by atoms with Crippen molar-refractivity contribution in [2.75, 3.05) is 12.4 Å². The van der Waals surface area contributed by atoms with Gasteiger partial charge in [-0.1, -0.05) is 18.6 Å². The summed E-state index contributed by atoms with van der Waals surface area (Å²) in [5.74, 6) is -1.43. The predicted octanol–water partition coefficient (Wildman–Crippen LogP) is 3.35. The minimum atomic E-state index is -0.591. The second-order valence-electron chi connectivity index (χ2n) is 6.73. The Bertz CT molecular complexity index is 1110. The zero-order valence-corrected chi connectivity index (χ0v) is 16.3. The van der Waals surface area contributed by atoms with Crippen LogP contribution < -0.4 is 11.1 Å². The van der Waals surface area contributed by atoms with Crippen molar-refractivity contribution in [1.82, 2.24) is 4.57 Å². The lowest BCUT2D eigenvalue weighted by Gasteiger charge is -2.08. The number of para-hydroxylation sites is 2. The molecule has 3 aromatic rings. The molecule has 2 heterocycles. The summed E-state index contributed by atoms with van der Waals surface area (Å²) in [4.78, 5) is 38.2. The molecule has 146 valence electrons. The Hall–Kier alpha value is -2.87. The van der Waals surface area contributed by atoms with Crippen LogP contribution in [0.15, 0.2) is 33.5 Å². The fourth-order valence-electron chi connectivity index (χ4n) is 3.62. The van der Waals surface area contributed by atoms with Gasteiger partial charge in [-0.3, -0.25) is 9.36 Å². The standard InChI is InChI=1S/C20H20N2O5S/c1-26-19(24)17-12-7-3-2-4-10-15(12)28-18(17)21-16(23)11-22-13-8-5-6-9-14(13)27-20(22)25/h5-6,8-9H,2-4,7,10-11H2,1H3,(H,21,23). The van der Waals surface area contributed by atoms with E-state index in [4.69, 9.17) is 9.15 Å². The number of benzene rings is 1. The van der Waals surface area contributed by atoms with Crippen LogP contribution in [0.1, 0.15) is 40.1 Å². The fraction of sp³-hybridized carbons (Fsp3) is 0.350. The third kappa shape index (κ3) is 3.35. The van der Waals surface area contributed by atoms with Gasteiger partial charge in [-0.2, -0.15) is 0 Å². The van der Waals surface area contributed by atoms with Gasteiger partial charge >= 0.3 is 11.7 Å². The number of carbonyl (C=O) groups is 2. The van der Waals surface area contributed by atoms with Crippen molar-refractivity contribution in [3.63, 3.8) is 0 Å². The molecule has 7 nitrogen and oxygen atoms in total. The van der Waals surface area contributed by atoms with Crippen molar-refractivity contribution in [3.8, 4) is 0 Å². The molecule has 1 N–H and O–H groups in total. The smallest absolute Gasteiger partial charge is 0.420 e. The van der Waals surface area contributed by atoms with Crippen LogP contribution >= 0.6 is 11.3 Å².